The van der Waals surface area contributed by atoms with Crippen LogP contribution in [0.25, 0.3) is 0 Å². The van der Waals surface area contributed by atoms with E-state index in [1.807, 2.05) is 13.0 Å². The zero-order valence-corrected chi connectivity index (χ0v) is 8.31. The van der Waals surface area contributed by atoms with Gasteiger partial charge < -0.3 is 10.5 Å². The lowest BCUT2D eigenvalue weighted by Crippen LogP contribution is -2.33. The number of hydrogen-bond acceptors (Lipinski definition) is 4. The standard InChI is InChI=1S/C10H15N3O/c1-7-5-10(13-6-12-7)14-9-4-2-3-8(9)11/h5-6,8-9H,2-4,11H2,1H3. The van der Waals surface area contributed by atoms with Gasteiger partial charge in [0, 0.05) is 17.8 Å². The first-order chi connectivity index (χ1) is 6.75. The van der Waals surface area contributed by atoms with E-state index >= 15 is 0 Å². The van der Waals surface area contributed by atoms with Crippen LogP contribution in [0.4, 0.5) is 0 Å². The second-order valence-corrected chi connectivity index (χ2v) is 3.75. The molecule has 1 aromatic heterocycles. The number of hydrogen-bond donors (Lipinski definition) is 1. The molecule has 1 fully saturated rings. The Morgan fingerprint density at radius 1 is 1.43 bits per heavy atom. The van der Waals surface area contributed by atoms with Crippen LogP contribution in [0.5, 0.6) is 5.88 Å². The third-order valence-corrected chi connectivity index (χ3v) is 2.55. The molecule has 2 atom stereocenters. The molecule has 1 aliphatic carbocycles. The Kier molecular flexibility index (Phi) is 2.63. The molecule has 14 heavy (non-hydrogen) atoms. The predicted molar refractivity (Wildman–Crippen MR) is 53.0 cm³/mol. The number of aromatic nitrogens is 2. The van der Waals surface area contributed by atoms with Crippen molar-refractivity contribution in [1.82, 2.24) is 9.97 Å². The van der Waals surface area contributed by atoms with Gasteiger partial charge in [0.25, 0.3) is 0 Å². The van der Waals surface area contributed by atoms with Crippen molar-refractivity contribution in [2.75, 3.05) is 0 Å². The lowest BCUT2D eigenvalue weighted by Gasteiger charge is -2.16. The average Bonchev–Trinajstić information content (AvgIpc) is 2.52. The number of ether oxygens (including phenoxy) is 1. The average molecular weight is 193 g/mol. The fourth-order valence-electron chi connectivity index (χ4n) is 1.75. The maximum atomic E-state index is 5.90. The summed E-state index contributed by atoms with van der Waals surface area (Å²) < 4.78 is 5.69. The Balaban J connectivity index is 2.03. The zero-order chi connectivity index (χ0) is 9.97. The van der Waals surface area contributed by atoms with Crippen LogP contribution < -0.4 is 10.5 Å². The van der Waals surface area contributed by atoms with Crippen molar-refractivity contribution in [1.29, 1.82) is 0 Å². The number of aryl methyl sites for hydroxylation is 1. The molecule has 2 rings (SSSR count). The number of nitrogens with zero attached hydrogens (tertiary/aromatic N) is 2. The fourth-order valence-corrected chi connectivity index (χ4v) is 1.75. The highest BCUT2D eigenvalue weighted by molar-refractivity contribution is 5.12. The number of nitrogens with two attached hydrogens (primary N) is 1. The van der Waals surface area contributed by atoms with Gasteiger partial charge >= 0.3 is 0 Å². The lowest BCUT2D eigenvalue weighted by atomic mass is 10.2. The summed E-state index contributed by atoms with van der Waals surface area (Å²) in [6.07, 6.45) is 4.88. The second-order valence-electron chi connectivity index (χ2n) is 3.75. The van der Waals surface area contributed by atoms with Gasteiger partial charge in [-0.2, -0.15) is 0 Å². The molecule has 1 aliphatic rings. The summed E-state index contributed by atoms with van der Waals surface area (Å²) in [7, 11) is 0. The van der Waals surface area contributed by atoms with Crippen LogP contribution in [0.15, 0.2) is 12.4 Å². The zero-order valence-electron chi connectivity index (χ0n) is 8.31. The molecule has 2 N–H and O–H groups in total. The van der Waals surface area contributed by atoms with Crippen LogP contribution in [0.2, 0.25) is 0 Å². The van der Waals surface area contributed by atoms with Crippen LogP contribution in [0.3, 0.4) is 0 Å². The summed E-state index contributed by atoms with van der Waals surface area (Å²) in [5.41, 5.74) is 6.81. The normalized spacial score (nSPS) is 26.4. The maximum absolute atomic E-state index is 5.90. The highest BCUT2D eigenvalue weighted by atomic mass is 16.5. The summed E-state index contributed by atoms with van der Waals surface area (Å²) >= 11 is 0. The quantitative estimate of drug-likeness (QED) is 0.762. The van der Waals surface area contributed by atoms with Crippen molar-refractivity contribution in [3.8, 4) is 5.88 Å². The molecule has 0 aromatic carbocycles. The minimum Gasteiger partial charge on any atom is -0.473 e. The summed E-state index contributed by atoms with van der Waals surface area (Å²) in [6.45, 7) is 1.92. The largest absolute Gasteiger partial charge is 0.473 e. The first-order valence-electron chi connectivity index (χ1n) is 4.96. The topological polar surface area (TPSA) is 61.0 Å². The SMILES string of the molecule is Cc1cc(OC2CCCC2N)ncn1. The lowest BCUT2D eigenvalue weighted by molar-refractivity contribution is 0.183. The Morgan fingerprint density at radius 2 is 2.29 bits per heavy atom. The van der Waals surface area contributed by atoms with Crippen LogP contribution >= 0.6 is 0 Å². The first-order valence-corrected chi connectivity index (χ1v) is 4.96. The molecule has 76 valence electrons. The van der Waals surface area contributed by atoms with E-state index in [2.05, 4.69) is 9.97 Å². The monoisotopic (exact) mass is 193 g/mol. The molecule has 0 aliphatic heterocycles. The van der Waals surface area contributed by atoms with Gasteiger partial charge in [0.2, 0.25) is 5.88 Å². The Morgan fingerprint density at radius 3 is 2.93 bits per heavy atom. The van der Waals surface area contributed by atoms with Crippen molar-refractivity contribution in [3.63, 3.8) is 0 Å². The molecule has 1 heterocycles. The van der Waals surface area contributed by atoms with E-state index < -0.39 is 0 Å². The van der Waals surface area contributed by atoms with E-state index in [0.717, 1.165) is 25.0 Å². The molecule has 0 bridgehead atoms. The van der Waals surface area contributed by atoms with Gasteiger partial charge in [0.05, 0.1) is 0 Å². The van der Waals surface area contributed by atoms with Crippen molar-refractivity contribution in [2.24, 2.45) is 5.73 Å². The molecule has 0 spiro atoms. The van der Waals surface area contributed by atoms with E-state index in [1.165, 1.54) is 6.33 Å². The minimum atomic E-state index is 0.129. The molecule has 4 heteroatoms. The van der Waals surface area contributed by atoms with Crippen LogP contribution in [-0.2, 0) is 0 Å². The predicted octanol–water partition coefficient (Wildman–Crippen LogP) is 1.04. The van der Waals surface area contributed by atoms with Gasteiger partial charge in [-0.1, -0.05) is 0 Å². The molecule has 4 nitrogen and oxygen atoms in total. The molecule has 0 radical (unpaired) electrons. The molecule has 0 saturated heterocycles. The van der Waals surface area contributed by atoms with E-state index in [9.17, 15) is 0 Å². The van der Waals surface area contributed by atoms with Crippen LogP contribution in [0, 0.1) is 6.92 Å². The van der Waals surface area contributed by atoms with Crippen molar-refractivity contribution >= 4 is 0 Å². The number of rotatable bonds is 2. The Hall–Kier alpha value is -1.16. The van der Waals surface area contributed by atoms with E-state index in [4.69, 9.17) is 10.5 Å². The van der Waals surface area contributed by atoms with Gasteiger partial charge in [-0.05, 0) is 26.2 Å². The first kappa shape index (κ1) is 9.40. The van der Waals surface area contributed by atoms with E-state index in [0.29, 0.717) is 5.88 Å². The summed E-state index contributed by atoms with van der Waals surface area (Å²) in [5, 5.41) is 0. The molecule has 0 amide bonds. The molecular weight excluding hydrogens is 178 g/mol. The van der Waals surface area contributed by atoms with Crippen LogP contribution in [-0.4, -0.2) is 22.1 Å². The molecule has 1 aromatic rings. The van der Waals surface area contributed by atoms with Gasteiger partial charge in [-0.3, -0.25) is 0 Å². The van der Waals surface area contributed by atoms with Gasteiger partial charge in [0.15, 0.2) is 0 Å². The third kappa shape index (κ3) is 2.01. The summed E-state index contributed by atoms with van der Waals surface area (Å²) in [6, 6.07) is 2.00. The van der Waals surface area contributed by atoms with Crippen molar-refractivity contribution < 1.29 is 4.74 Å². The second kappa shape index (κ2) is 3.92. The van der Waals surface area contributed by atoms with E-state index in [1.54, 1.807) is 0 Å². The minimum absolute atomic E-state index is 0.129. The third-order valence-electron chi connectivity index (χ3n) is 2.55. The smallest absolute Gasteiger partial charge is 0.216 e. The summed E-state index contributed by atoms with van der Waals surface area (Å²) in [5.74, 6) is 0.639. The van der Waals surface area contributed by atoms with Gasteiger partial charge in [-0.25, -0.2) is 9.97 Å². The van der Waals surface area contributed by atoms with Gasteiger partial charge in [0.1, 0.15) is 12.4 Å². The highest BCUT2D eigenvalue weighted by Gasteiger charge is 2.25. The van der Waals surface area contributed by atoms with Gasteiger partial charge in [-0.15, -0.1) is 0 Å². The molecular formula is C10H15N3O. The van der Waals surface area contributed by atoms with Crippen molar-refractivity contribution in [2.45, 2.75) is 38.3 Å². The van der Waals surface area contributed by atoms with Crippen molar-refractivity contribution in [3.05, 3.63) is 18.1 Å². The Bertz CT molecular complexity index is 316. The highest BCUT2D eigenvalue weighted by Crippen LogP contribution is 2.22. The Labute approximate surface area is 83.5 Å². The fraction of sp³-hybridized carbons (Fsp3) is 0.600. The van der Waals surface area contributed by atoms with Crippen LogP contribution in [0.1, 0.15) is 25.0 Å². The van der Waals surface area contributed by atoms with E-state index in [-0.39, 0.29) is 12.1 Å². The molecule has 1 saturated carbocycles. The maximum Gasteiger partial charge on any atom is 0.216 e. The molecule has 2 unspecified atom stereocenters. The summed E-state index contributed by atoms with van der Waals surface area (Å²) in [4.78, 5) is 8.06.